The Kier molecular flexibility index (Phi) is 3.78. The van der Waals surface area contributed by atoms with Crippen molar-refractivity contribution in [3.05, 3.63) is 36.0 Å². The molecule has 3 rings (SSSR count). The zero-order valence-electron chi connectivity index (χ0n) is 11.5. The molecule has 0 radical (unpaired) electrons. The number of carbonyl (C=O) groups is 1. The molecule has 1 fully saturated rings. The topological polar surface area (TPSA) is 102 Å². The number of carbonyl (C=O) groups excluding carboxylic acids is 1. The summed E-state index contributed by atoms with van der Waals surface area (Å²) in [6.07, 6.45) is 0.308. The summed E-state index contributed by atoms with van der Waals surface area (Å²) in [6, 6.07) is 4.24. The summed E-state index contributed by atoms with van der Waals surface area (Å²) in [7, 11) is 0. The second-order valence-electron chi connectivity index (χ2n) is 4.82. The van der Waals surface area contributed by atoms with E-state index < -0.39 is 18.0 Å². The number of aliphatic hydroxyl groups excluding tert-OH is 1. The Bertz CT molecular complexity index is 703. The minimum Gasteiger partial charge on any atom is -0.444 e. The number of hydrogen-bond donors (Lipinski definition) is 2. The standard InChI is InChI=1S/C14H14FN3O4/c15-12-3-9(18-5-10(4-16)22-14(18)20)1-2-11(12)13-17-8(6-19)7-21-13/h1-3,7,10,19H,4-6,16H2. The van der Waals surface area contributed by atoms with E-state index in [1.165, 1.54) is 23.3 Å². The largest absolute Gasteiger partial charge is 0.444 e. The zero-order valence-corrected chi connectivity index (χ0v) is 11.5. The van der Waals surface area contributed by atoms with Crippen molar-refractivity contribution in [3.8, 4) is 11.5 Å². The van der Waals surface area contributed by atoms with Gasteiger partial charge in [0.2, 0.25) is 5.89 Å². The minimum absolute atomic E-state index is 0.0666. The van der Waals surface area contributed by atoms with Crippen LogP contribution in [-0.4, -0.2) is 35.4 Å². The normalized spacial score (nSPS) is 17.9. The van der Waals surface area contributed by atoms with Gasteiger partial charge < -0.3 is 20.0 Å². The second-order valence-corrected chi connectivity index (χ2v) is 4.82. The number of oxazole rings is 1. The first-order valence-electron chi connectivity index (χ1n) is 6.65. The average molecular weight is 307 g/mol. The number of ether oxygens (including phenoxy) is 1. The number of aromatic nitrogens is 1. The lowest BCUT2D eigenvalue weighted by Crippen LogP contribution is -2.27. The van der Waals surface area contributed by atoms with Gasteiger partial charge in [-0.15, -0.1) is 0 Å². The molecule has 7 nitrogen and oxygen atoms in total. The first-order chi connectivity index (χ1) is 10.6. The van der Waals surface area contributed by atoms with Crippen molar-refractivity contribution in [3.63, 3.8) is 0 Å². The van der Waals surface area contributed by atoms with Crippen LogP contribution in [0.4, 0.5) is 14.9 Å². The number of amides is 1. The van der Waals surface area contributed by atoms with Crippen LogP contribution in [0.2, 0.25) is 0 Å². The number of anilines is 1. The third kappa shape index (κ3) is 2.53. The number of nitrogens with two attached hydrogens (primary N) is 1. The number of halogens is 1. The molecule has 1 atom stereocenters. The van der Waals surface area contributed by atoms with Crippen LogP contribution in [0.5, 0.6) is 0 Å². The van der Waals surface area contributed by atoms with Gasteiger partial charge in [-0.2, -0.15) is 0 Å². The van der Waals surface area contributed by atoms with Crippen molar-refractivity contribution in [2.24, 2.45) is 5.73 Å². The van der Waals surface area contributed by atoms with Gasteiger partial charge in [-0.1, -0.05) is 0 Å². The van der Waals surface area contributed by atoms with E-state index in [0.717, 1.165) is 0 Å². The molecule has 2 aromatic rings. The number of cyclic esters (lactones) is 1. The minimum atomic E-state index is -0.590. The number of nitrogens with zero attached hydrogens (tertiary/aromatic N) is 2. The van der Waals surface area contributed by atoms with E-state index in [2.05, 4.69) is 4.98 Å². The number of aliphatic hydroxyl groups is 1. The van der Waals surface area contributed by atoms with E-state index >= 15 is 0 Å². The maximum absolute atomic E-state index is 14.2. The molecular formula is C14H14FN3O4. The highest BCUT2D eigenvalue weighted by Gasteiger charge is 2.31. The SMILES string of the molecule is NCC1CN(c2ccc(-c3nc(CO)co3)c(F)c2)C(=O)O1. The van der Waals surface area contributed by atoms with Crippen molar-refractivity contribution in [2.75, 3.05) is 18.0 Å². The second kappa shape index (κ2) is 5.74. The Hall–Kier alpha value is -2.45. The molecule has 1 aliphatic rings. The maximum Gasteiger partial charge on any atom is 0.414 e. The lowest BCUT2D eigenvalue weighted by molar-refractivity contribution is 0.145. The van der Waals surface area contributed by atoms with Gasteiger partial charge >= 0.3 is 6.09 Å². The number of hydrogen-bond acceptors (Lipinski definition) is 6. The summed E-state index contributed by atoms with van der Waals surface area (Å²) < 4.78 is 24.4. The fourth-order valence-corrected chi connectivity index (χ4v) is 2.20. The molecule has 1 saturated heterocycles. The van der Waals surface area contributed by atoms with Crippen LogP contribution in [0.25, 0.3) is 11.5 Å². The average Bonchev–Trinajstić information content (AvgIpc) is 3.13. The van der Waals surface area contributed by atoms with Gasteiger partial charge in [0.05, 0.1) is 24.4 Å². The summed E-state index contributed by atoms with van der Waals surface area (Å²) in [4.78, 5) is 17.0. The van der Waals surface area contributed by atoms with Crippen LogP contribution in [0.15, 0.2) is 28.9 Å². The molecule has 1 unspecified atom stereocenters. The molecule has 116 valence electrons. The molecule has 0 saturated carbocycles. The van der Waals surface area contributed by atoms with Crippen LogP contribution >= 0.6 is 0 Å². The Labute approximate surface area is 125 Å². The fraction of sp³-hybridized carbons (Fsp3) is 0.286. The maximum atomic E-state index is 14.2. The summed E-state index contributed by atoms with van der Waals surface area (Å²) in [5.41, 5.74) is 6.29. The van der Waals surface area contributed by atoms with Gasteiger partial charge in [0.1, 0.15) is 23.9 Å². The highest BCUT2D eigenvalue weighted by atomic mass is 19.1. The van der Waals surface area contributed by atoms with E-state index in [1.807, 2.05) is 0 Å². The van der Waals surface area contributed by atoms with Crippen molar-refractivity contribution in [1.29, 1.82) is 0 Å². The Balaban J connectivity index is 1.88. The lowest BCUT2D eigenvalue weighted by Gasteiger charge is -2.13. The van der Waals surface area contributed by atoms with Gasteiger partial charge in [0, 0.05) is 6.54 Å². The third-order valence-corrected chi connectivity index (χ3v) is 3.35. The predicted molar refractivity (Wildman–Crippen MR) is 74.5 cm³/mol. The molecule has 3 N–H and O–H groups in total. The summed E-state index contributed by atoms with van der Waals surface area (Å²) in [5.74, 6) is -0.523. The van der Waals surface area contributed by atoms with Gasteiger partial charge in [-0.25, -0.2) is 14.2 Å². The molecule has 0 bridgehead atoms. The molecule has 1 aromatic heterocycles. The Morgan fingerprint density at radius 2 is 2.32 bits per heavy atom. The zero-order chi connectivity index (χ0) is 15.7. The Morgan fingerprint density at radius 1 is 1.50 bits per heavy atom. The predicted octanol–water partition coefficient (Wildman–Crippen LogP) is 1.26. The van der Waals surface area contributed by atoms with Gasteiger partial charge in [-0.05, 0) is 18.2 Å². The molecule has 2 heterocycles. The van der Waals surface area contributed by atoms with E-state index in [1.54, 1.807) is 6.07 Å². The highest BCUT2D eigenvalue weighted by Crippen LogP contribution is 2.28. The third-order valence-electron chi connectivity index (χ3n) is 3.35. The van der Waals surface area contributed by atoms with Crippen LogP contribution < -0.4 is 10.6 Å². The summed E-state index contributed by atoms with van der Waals surface area (Å²) in [6.45, 7) is 0.203. The molecule has 1 aromatic carbocycles. The highest BCUT2D eigenvalue weighted by molar-refractivity contribution is 5.90. The smallest absolute Gasteiger partial charge is 0.414 e. The molecule has 0 aliphatic carbocycles. The van der Waals surface area contributed by atoms with E-state index in [4.69, 9.17) is 20.0 Å². The Morgan fingerprint density at radius 3 is 2.91 bits per heavy atom. The van der Waals surface area contributed by atoms with Crippen LogP contribution in [0.3, 0.4) is 0 Å². The number of rotatable bonds is 4. The van der Waals surface area contributed by atoms with Crippen molar-refractivity contribution < 1.29 is 23.4 Å². The van der Waals surface area contributed by atoms with Gasteiger partial charge in [-0.3, -0.25) is 4.90 Å². The molecule has 8 heteroatoms. The quantitative estimate of drug-likeness (QED) is 0.881. The van der Waals surface area contributed by atoms with Crippen molar-refractivity contribution in [2.45, 2.75) is 12.7 Å². The molecule has 1 amide bonds. The first kappa shape index (κ1) is 14.5. The van der Waals surface area contributed by atoms with E-state index in [0.29, 0.717) is 11.4 Å². The van der Waals surface area contributed by atoms with Crippen LogP contribution in [0, 0.1) is 5.82 Å². The van der Waals surface area contributed by atoms with Crippen molar-refractivity contribution >= 4 is 11.8 Å². The molecular weight excluding hydrogens is 293 g/mol. The van der Waals surface area contributed by atoms with Gasteiger partial charge in [0.25, 0.3) is 0 Å². The molecule has 0 spiro atoms. The molecule has 1 aliphatic heterocycles. The monoisotopic (exact) mass is 307 g/mol. The van der Waals surface area contributed by atoms with Crippen molar-refractivity contribution in [1.82, 2.24) is 4.98 Å². The lowest BCUT2D eigenvalue weighted by atomic mass is 10.1. The fourth-order valence-electron chi connectivity index (χ4n) is 2.20. The van der Waals surface area contributed by atoms with Crippen LogP contribution in [0.1, 0.15) is 5.69 Å². The van der Waals surface area contributed by atoms with E-state index in [9.17, 15) is 9.18 Å². The summed E-state index contributed by atoms with van der Waals surface area (Å²) in [5, 5.41) is 8.95. The van der Waals surface area contributed by atoms with Gasteiger partial charge in [0.15, 0.2) is 0 Å². The summed E-state index contributed by atoms with van der Waals surface area (Å²) >= 11 is 0. The van der Waals surface area contributed by atoms with E-state index in [-0.39, 0.29) is 31.2 Å². The first-order valence-corrected chi connectivity index (χ1v) is 6.65. The molecule has 22 heavy (non-hydrogen) atoms. The number of benzene rings is 1. The van der Waals surface area contributed by atoms with Crippen LogP contribution in [-0.2, 0) is 11.3 Å².